The molecule has 4 aromatic carbocycles. The molecule has 1 aliphatic heterocycles. The van der Waals surface area contributed by atoms with E-state index in [9.17, 15) is 18.8 Å². The van der Waals surface area contributed by atoms with Crippen molar-refractivity contribution in [3.05, 3.63) is 137 Å². The van der Waals surface area contributed by atoms with Crippen molar-refractivity contribution < 1.29 is 28.2 Å². The Morgan fingerprint density at radius 2 is 1.40 bits per heavy atom. The van der Waals surface area contributed by atoms with E-state index in [1.807, 2.05) is 36.4 Å². The normalized spacial score (nSPS) is 19.6. The summed E-state index contributed by atoms with van der Waals surface area (Å²) in [5, 5.41) is 2.92. The van der Waals surface area contributed by atoms with Gasteiger partial charge < -0.3 is 14.8 Å². The fourth-order valence-electron chi connectivity index (χ4n) is 5.77. The van der Waals surface area contributed by atoms with Crippen LogP contribution in [0.3, 0.4) is 0 Å². The first kappa shape index (κ1) is 28.5. The van der Waals surface area contributed by atoms with Gasteiger partial charge in [-0.2, -0.15) is 0 Å². The lowest BCUT2D eigenvalue weighted by Crippen LogP contribution is -2.48. The molecule has 0 spiro atoms. The number of hydrogen-bond acceptors (Lipinski definition) is 5. The van der Waals surface area contributed by atoms with Crippen molar-refractivity contribution in [3.63, 3.8) is 0 Å². The molecule has 1 fully saturated rings. The third-order valence-corrected chi connectivity index (χ3v) is 7.70. The molecule has 0 aliphatic carbocycles. The van der Waals surface area contributed by atoms with Crippen molar-refractivity contribution in [2.24, 2.45) is 5.92 Å². The van der Waals surface area contributed by atoms with Crippen molar-refractivity contribution in [1.82, 2.24) is 10.2 Å². The van der Waals surface area contributed by atoms with Gasteiger partial charge in [0.15, 0.2) is 5.78 Å². The average Bonchev–Trinajstić information content (AvgIpc) is 3.40. The van der Waals surface area contributed by atoms with Gasteiger partial charge in [0.05, 0.1) is 26.2 Å². The zero-order valence-corrected chi connectivity index (χ0v) is 23.3. The van der Waals surface area contributed by atoms with Crippen molar-refractivity contribution in [3.8, 4) is 5.75 Å². The molecule has 0 bridgehead atoms. The largest absolute Gasteiger partial charge is 0.497 e. The highest BCUT2D eigenvalue weighted by Crippen LogP contribution is 2.51. The van der Waals surface area contributed by atoms with Gasteiger partial charge in [0, 0.05) is 18.0 Å². The first-order chi connectivity index (χ1) is 20.4. The van der Waals surface area contributed by atoms with E-state index < -0.39 is 35.9 Å². The third kappa shape index (κ3) is 5.74. The summed E-state index contributed by atoms with van der Waals surface area (Å²) in [6.07, 6.45) is -0.734. The second-order valence-electron chi connectivity index (χ2n) is 10.1. The standard InChI is InChI=1S/C34H31FN2O5/c1-41-27-19-15-24(16-20-27)30-29(32(38)25-11-7-4-8-12-25)28(23-9-5-3-6-10-23)31(37(30)34(40)42-2)33(39)36-21-22-13-17-26(35)18-14-22/h3-20,28-31H,21H2,1-2H3,(H,36,39). The number of amides is 2. The topological polar surface area (TPSA) is 84.9 Å². The van der Waals surface area contributed by atoms with Gasteiger partial charge in [0.2, 0.25) is 5.91 Å². The maximum atomic E-state index is 14.4. The number of benzene rings is 4. The zero-order valence-electron chi connectivity index (χ0n) is 23.3. The van der Waals surface area contributed by atoms with E-state index in [2.05, 4.69) is 5.32 Å². The second kappa shape index (κ2) is 12.7. The van der Waals surface area contributed by atoms with E-state index in [4.69, 9.17) is 9.47 Å². The van der Waals surface area contributed by atoms with Crippen LogP contribution in [0.15, 0.2) is 109 Å². The van der Waals surface area contributed by atoms with Gasteiger partial charge in [-0.05, 0) is 41.0 Å². The van der Waals surface area contributed by atoms with Crippen LogP contribution in [-0.2, 0) is 16.1 Å². The molecule has 42 heavy (non-hydrogen) atoms. The quantitative estimate of drug-likeness (QED) is 0.268. The lowest BCUT2D eigenvalue weighted by molar-refractivity contribution is -0.126. The number of ketones is 1. The Morgan fingerprint density at radius 3 is 2.00 bits per heavy atom. The van der Waals surface area contributed by atoms with Crippen LogP contribution in [0.2, 0.25) is 0 Å². The first-order valence-corrected chi connectivity index (χ1v) is 13.6. The van der Waals surface area contributed by atoms with Gasteiger partial charge >= 0.3 is 6.09 Å². The molecule has 4 atom stereocenters. The molecule has 0 aromatic heterocycles. The highest BCUT2D eigenvalue weighted by Gasteiger charge is 2.57. The number of carbonyl (C=O) groups is 3. The van der Waals surface area contributed by atoms with Gasteiger partial charge in [-0.15, -0.1) is 0 Å². The predicted octanol–water partition coefficient (Wildman–Crippen LogP) is 5.93. The lowest BCUT2D eigenvalue weighted by atomic mass is 9.76. The van der Waals surface area contributed by atoms with E-state index in [1.165, 1.54) is 24.1 Å². The number of likely N-dealkylation sites (tertiary alicyclic amines) is 1. The molecule has 2 amide bonds. The van der Waals surface area contributed by atoms with Crippen LogP contribution < -0.4 is 10.1 Å². The number of ether oxygens (including phenoxy) is 2. The molecule has 7 nitrogen and oxygen atoms in total. The fraction of sp³-hybridized carbons (Fsp3) is 0.206. The van der Waals surface area contributed by atoms with E-state index in [0.29, 0.717) is 22.4 Å². The summed E-state index contributed by atoms with van der Waals surface area (Å²) >= 11 is 0. The molecule has 1 aliphatic rings. The molecule has 214 valence electrons. The second-order valence-corrected chi connectivity index (χ2v) is 10.1. The number of halogens is 1. The van der Waals surface area contributed by atoms with E-state index >= 15 is 0 Å². The summed E-state index contributed by atoms with van der Waals surface area (Å²) in [5.74, 6) is -1.97. The maximum absolute atomic E-state index is 14.4. The van der Waals surface area contributed by atoms with E-state index in [1.54, 1.807) is 67.8 Å². The Bertz CT molecular complexity index is 1530. The van der Waals surface area contributed by atoms with Crippen LogP contribution in [0.4, 0.5) is 9.18 Å². The monoisotopic (exact) mass is 566 g/mol. The number of methoxy groups -OCH3 is 2. The SMILES string of the molecule is COC(=O)N1C(C(=O)NCc2ccc(F)cc2)C(c2ccccc2)C(C(=O)c2ccccc2)C1c1ccc(OC)cc1. The van der Waals surface area contributed by atoms with Crippen molar-refractivity contribution in [1.29, 1.82) is 0 Å². The summed E-state index contributed by atoms with van der Waals surface area (Å²) in [6, 6.07) is 29.1. The van der Waals surface area contributed by atoms with Crippen molar-refractivity contribution >= 4 is 17.8 Å². The predicted molar refractivity (Wildman–Crippen MR) is 155 cm³/mol. The van der Waals surface area contributed by atoms with Crippen LogP contribution in [0.5, 0.6) is 5.75 Å². The zero-order chi connectivity index (χ0) is 29.6. The molecule has 8 heteroatoms. The van der Waals surface area contributed by atoms with Crippen LogP contribution in [0.1, 0.15) is 39.0 Å². The minimum Gasteiger partial charge on any atom is -0.497 e. The van der Waals surface area contributed by atoms with E-state index in [0.717, 1.165) is 5.56 Å². The Labute approximate surface area is 243 Å². The summed E-state index contributed by atoms with van der Waals surface area (Å²) in [5.41, 5.74) is 2.55. The van der Waals surface area contributed by atoms with Gasteiger partial charge in [-0.1, -0.05) is 84.9 Å². The molecular formula is C34H31FN2O5. The molecule has 1 N–H and O–H groups in total. The molecule has 1 heterocycles. The summed E-state index contributed by atoms with van der Waals surface area (Å²) < 4.78 is 24.1. The molecule has 1 saturated heterocycles. The Morgan fingerprint density at radius 1 is 0.786 bits per heavy atom. The molecular weight excluding hydrogens is 535 g/mol. The number of Topliss-reactive ketones (excluding diaryl/α,β-unsaturated/α-hetero) is 1. The highest BCUT2D eigenvalue weighted by atomic mass is 19.1. The summed E-state index contributed by atoms with van der Waals surface area (Å²) in [6.45, 7) is 0.108. The summed E-state index contributed by atoms with van der Waals surface area (Å²) in [7, 11) is 2.81. The Kier molecular flexibility index (Phi) is 8.62. The molecule has 0 radical (unpaired) electrons. The maximum Gasteiger partial charge on any atom is 0.410 e. The van der Waals surface area contributed by atoms with Gasteiger partial charge in [0.1, 0.15) is 17.6 Å². The van der Waals surface area contributed by atoms with Crippen LogP contribution in [0.25, 0.3) is 0 Å². The van der Waals surface area contributed by atoms with Gasteiger partial charge in [0.25, 0.3) is 0 Å². The van der Waals surface area contributed by atoms with Gasteiger partial charge in [-0.3, -0.25) is 14.5 Å². The lowest BCUT2D eigenvalue weighted by Gasteiger charge is -2.30. The Hall–Kier alpha value is -4.98. The van der Waals surface area contributed by atoms with Crippen molar-refractivity contribution in [2.75, 3.05) is 14.2 Å². The summed E-state index contributed by atoms with van der Waals surface area (Å²) in [4.78, 5) is 43.5. The number of rotatable bonds is 8. The fourth-order valence-corrected chi connectivity index (χ4v) is 5.77. The van der Waals surface area contributed by atoms with Crippen LogP contribution in [0, 0.1) is 11.7 Å². The Balaban J connectivity index is 1.66. The number of carbonyl (C=O) groups excluding carboxylic acids is 3. The molecule has 4 aromatic rings. The number of nitrogens with zero attached hydrogens (tertiary/aromatic N) is 1. The highest BCUT2D eigenvalue weighted by molar-refractivity contribution is 6.01. The smallest absolute Gasteiger partial charge is 0.410 e. The minimum atomic E-state index is -1.09. The number of hydrogen-bond donors (Lipinski definition) is 1. The van der Waals surface area contributed by atoms with E-state index in [-0.39, 0.29) is 18.1 Å². The minimum absolute atomic E-state index is 0.108. The molecule has 5 rings (SSSR count). The number of nitrogens with one attached hydrogen (secondary N) is 1. The first-order valence-electron chi connectivity index (χ1n) is 13.6. The van der Waals surface area contributed by atoms with Crippen molar-refractivity contribution in [2.45, 2.75) is 24.5 Å². The van der Waals surface area contributed by atoms with Crippen LogP contribution in [-0.4, -0.2) is 42.9 Å². The molecule has 0 saturated carbocycles. The third-order valence-electron chi connectivity index (χ3n) is 7.70. The van der Waals surface area contributed by atoms with Gasteiger partial charge in [-0.25, -0.2) is 9.18 Å². The van der Waals surface area contributed by atoms with Crippen LogP contribution >= 0.6 is 0 Å². The average molecular weight is 567 g/mol. The molecule has 4 unspecified atom stereocenters.